The van der Waals surface area contributed by atoms with Gasteiger partial charge in [0, 0.05) is 14.6 Å². The molecule has 2 aromatic rings. The molecular formula is C11H9IN2O2S. The summed E-state index contributed by atoms with van der Waals surface area (Å²) in [6.07, 6.45) is 1.71. The molecule has 6 heteroatoms. The molecule has 1 heterocycles. The van der Waals surface area contributed by atoms with E-state index in [1.165, 1.54) is 17.4 Å². The molecular weight excluding hydrogens is 351 g/mol. The van der Waals surface area contributed by atoms with Gasteiger partial charge in [-0.25, -0.2) is 0 Å². The Morgan fingerprint density at radius 1 is 1.53 bits per heavy atom. The van der Waals surface area contributed by atoms with E-state index >= 15 is 0 Å². The van der Waals surface area contributed by atoms with Crippen LogP contribution in [0.1, 0.15) is 15.2 Å². The maximum atomic E-state index is 11.8. The number of amides is 1. The van der Waals surface area contributed by atoms with Gasteiger partial charge >= 0.3 is 0 Å². The van der Waals surface area contributed by atoms with E-state index in [0.29, 0.717) is 12.1 Å². The zero-order valence-corrected chi connectivity index (χ0v) is 11.7. The lowest BCUT2D eigenvalue weighted by Gasteiger charge is -2.05. The standard InChI is InChI=1S/C11H9IN2O2S/c12-7-1-2-10(15)9(3-7)11(16)14-5-8-4-13-6-17-8/h1-4,6,15H,5H2,(H,14,16). The summed E-state index contributed by atoms with van der Waals surface area (Å²) in [5, 5.41) is 12.3. The molecule has 0 radical (unpaired) electrons. The van der Waals surface area contributed by atoms with E-state index in [2.05, 4.69) is 32.9 Å². The molecule has 0 bridgehead atoms. The zero-order chi connectivity index (χ0) is 12.3. The van der Waals surface area contributed by atoms with Crippen molar-refractivity contribution in [3.05, 3.63) is 43.9 Å². The first-order valence-corrected chi connectivity index (χ1v) is 6.77. The van der Waals surface area contributed by atoms with Gasteiger partial charge in [0.25, 0.3) is 5.91 Å². The first-order chi connectivity index (χ1) is 8.16. The number of nitrogens with one attached hydrogen (secondary N) is 1. The van der Waals surface area contributed by atoms with E-state index in [0.717, 1.165) is 8.45 Å². The van der Waals surface area contributed by atoms with Crippen LogP contribution in [0.3, 0.4) is 0 Å². The average Bonchev–Trinajstić information content (AvgIpc) is 2.82. The highest BCUT2D eigenvalue weighted by molar-refractivity contribution is 14.1. The van der Waals surface area contributed by atoms with Gasteiger partial charge in [0.15, 0.2) is 0 Å². The van der Waals surface area contributed by atoms with E-state index in [1.54, 1.807) is 23.8 Å². The Kier molecular flexibility index (Phi) is 3.95. The molecule has 4 nitrogen and oxygen atoms in total. The quantitative estimate of drug-likeness (QED) is 0.827. The lowest BCUT2D eigenvalue weighted by molar-refractivity contribution is 0.0948. The Bertz CT molecular complexity index is 528. The molecule has 1 aromatic carbocycles. The van der Waals surface area contributed by atoms with Crippen LogP contribution in [-0.2, 0) is 6.54 Å². The van der Waals surface area contributed by atoms with Gasteiger partial charge in [0.1, 0.15) is 5.75 Å². The minimum Gasteiger partial charge on any atom is -0.507 e. The molecule has 1 aromatic heterocycles. The number of phenolic OH excluding ortho intramolecular Hbond substituents is 1. The highest BCUT2D eigenvalue weighted by atomic mass is 127. The summed E-state index contributed by atoms with van der Waals surface area (Å²) in [5.74, 6) is -0.290. The lowest BCUT2D eigenvalue weighted by atomic mass is 10.2. The summed E-state index contributed by atoms with van der Waals surface area (Å²) >= 11 is 3.57. The van der Waals surface area contributed by atoms with Gasteiger partial charge in [-0.15, -0.1) is 11.3 Å². The molecule has 2 N–H and O–H groups in total. The lowest BCUT2D eigenvalue weighted by Crippen LogP contribution is -2.22. The highest BCUT2D eigenvalue weighted by Gasteiger charge is 2.11. The summed E-state index contributed by atoms with van der Waals surface area (Å²) in [4.78, 5) is 16.7. The van der Waals surface area contributed by atoms with Crippen LogP contribution in [0, 0.1) is 3.57 Å². The fraction of sp³-hybridized carbons (Fsp3) is 0.0909. The van der Waals surface area contributed by atoms with E-state index in [-0.39, 0.29) is 11.7 Å². The summed E-state index contributed by atoms with van der Waals surface area (Å²) in [7, 11) is 0. The number of carbonyl (C=O) groups is 1. The Balaban J connectivity index is 2.07. The number of nitrogens with zero attached hydrogens (tertiary/aromatic N) is 1. The van der Waals surface area contributed by atoms with Crippen molar-refractivity contribution in [1.29, 1.82) is 0 Å². The maximum absolute atomic E-state index is 11.8. The largest absolute Gasteiger partial charge is 0.507 e. The monoisotopic (exact) mass is 360 g/mol. The number of halogens is 1. The number of carbonyl (C=O) groups excluding carboxylic acids is 1. The molecule has 0 fully saturated rings. The second kappa shape index (κ2) is 5.46. The summed E-state index contributed by atoms with van der Waals surface area (Å²) in [6.45, 7) is 0.425. The molecule has 0 aliphatic carbocycles. The highest BCUT2D eigenvalue weighted by Crippen LogP contribution is 2.19. The summed E-state index contributed by atoms with van der Waals surface area (Å²) < 4.78 is 0.906. The van der Waals surface area contributed by atoms with E-state index in [9.17, 15) is 9.90 Å². The summed E-state index contributed by atoms with van der Waals surface area (Å²) in [6, 6.07) is 4.91. The minimum absolute atomic E-state index is 0.00720. The van der Waals surface area contributed by atoms with E-state index in [1.807, 2.05) is 0 Å². The third-order valence-electron chi connectivity index (χ3n) is 2.11. The van der Waals surface area contributed by atoms with Crippen molar-refractivity contribution in [3.63, 3.8) is 0 Å². The Hall–Kier alpha value is -1.15. The van der Waals surface area contributed by atoms with Crippen LogP contribution in [0.4, 0.5) is 0 Å². The molecule has 0 unspecified atom stereocenters. The van der Waals surface area contributed by atoms with Crippen molar-refractivity contribution in [1.82, 2.24) is 10.3 Å². The van der Waals surface area contributed by atoms with Crippen LogP contribution < -0.4 is 5.32 Å². The van der Waals surface area contributed by atoms with E-state index in [4.69, 9.17) is 0 Å². The fourth-order valence-corrected chi connectivity index (χ4v) is 2.31. The second-order valence-corrected chi connectivity index (χ2v) is 5.53. The molecule has 0 aliphatic heterocycles. The van der Waals surface area contributed by atoms with Gasteiger partial charge in [-0.2, -0.15) is 0 Å². The number of hydrogen-bond donors (Lipinski definition) is 2. The van der Waals surface area contributed by atoms with Crippen LogP contribution in [0.5, 0.6) is 5.75 Å². The average molecular weight is 360 g/mol. The van der Waals surface area contributed by atoms with Crippen molar-refractivity contribution < 1.29 is 9.90 Å². The van der Waals surface area contributed by atoms with Gasteiger partial charge in [-0.05, 0) is 40.8 Å². The van der Waals surface area contributed by atoms with Crippen molar-refractivity contribution in [2.75, 3.05) is 0 Å². The van der Waals surface area contributed by atoms with Crippen LogP contribution in [0.15, 0.2) is 29.9 Å². The Labute approximate surface area is 116 Å². The number of rotatable bonds is 3. The number of aromatic hydroxyl groups is 1. The molecule has 0 saturated heterocycles. The van der Waals surface area contributed by atoms with Gasteiger partial charge in [0.05, 0.1) is 17.6 Å². The molecule has 2 rings (SSSR count). The second-order valence-electron chi connectivity index (χ2n) is 3.31. The van der Waals surface area contributed by atoms with Crippen molar-refractivity contribution in [3.8, 4) is 5.75 Å². The summed E-state index contributed by atoms with van der Waals surface area (Å²) in [5.41, 5.74) is 2.01. The molecule has 0 spiro atoms. The first-order valence-electron chi connectivity index (χ1n) is 4.81. The smallest absolute Gasteiger partial charge is 0.255 e. The van der Waals surface area contributed by atoms with Crippen molar-refractivity contribution >= 4 is 39.8 Å². The zero-order valence-electron chi connectivity index (χ0n) is 8.68. The van der Waals surface area contributed by atoms with Crippen LogP contribution >= 0.6 is 33.9 Å². The van der Waals surface area contributed by atoms with Gasteiger partial charge in [-0.1, -0.05) is 0 Å². The number of thiazole rings is 1. The van der Waals surface area contributed by atoms with Gasteiger partial charge in [0.2, 0.25) is 0 Å². The molecule has 0 saturated carbocycles. The predicted octanol–water partition coefficient (Wildman–Crippen LogP) is 2.38. The third-order valence-corrected chi connectivity index (χ3v) is 3.56. The normalized spacial score (nSPS) is 10.2. The Morgan fingerprint density at radius 3 is 3.06 bits per heavy atom. The number of hydrogen-bond acceptors (Lipinski definition) is 4. The van der Waals surface area contributed by atoms with Gasteiger partial charge in [-0.3, -0.25) is 9.78 Å². The minimum atomic E-state index is -0.283. The van der Waals surface area contributed by atoms with Crippen LogP contribution in [-0.4, -0.2) is 16.0 Å². The van der Waals surface area contributed by atoms with Crippen LogP contribution in [0.2, 0.25) is 0 Å². The Morgan fingerprint density at radius 2 is 2.35 bits per heavy atom. The number of aromatic nitrogens is 1. The topological polar surface area (TPSA) is 62.2 Å². The molecule has 1 amide bonds. The van der Waals surface area contributed by atoms with Crippen molar-refractivity contribution in [2.45, 2.75) is 6.54 Å². The van der Waals surface area contributed by atoms with Crippen molar-refractivity contribution in [2.24, 2.45) is 0 Å². The molecule has 88 valence electrons. The van der Waals surface area contributed by atoms with E-state index < -0.39 is 0 Å². The first kappa shape index (κ1) is 12.3. The third kappa shape index (κ3) is 3.16. The number of benzene rings is 1. The SMILES string of the molecule is O=C(NCc1cncs1)c1cc(I)ccc1O. The molecule has 0 atom stereocenters. The fourth-order valence-electron chi connectivity index (χ4n) is 1.28. The van der Waals surface area contributed by atoms with Crippen LogP contribution in [0.25, 0.3) is 0 Å². The predicted molar refractivity (Wildman–Crippen MR) is 74.1 cm³/mol. The molecule has 0 aliphatic rings. The molecule has 17 heavy (non-hydrogen) atoms. The van der Waals surface area contributed by atoms with Gasteiger partial charge < -0.3 is 10.4 Å². The maximum Gasteiger partial charge on any atom is 0.255 e. The number of phenols is 1.